The summed E-state index contributed by atoms with van der Waals surface area (Å²) in [5, 5.41) is 21.3. The highest BCUT2D eigenvalue weighted by Crippen LogP contribution is 2.43. The largest absolute Gasteiger partial charge is 0.390 e. The lowest BCUT2D eigenvalue weighted by Gasteiger charge is -2.48. The van der Waals surface area contributed by atoms with Crippen molar-refractivity contribution in [2.45, 2.75) is 178 Å². The summed E-state index contributed by atoms with van der Waals surface area (Å²) in [5.41, 5.74) is 0. The molecule has 0 spiro atoms. The van der Waals surface area contributed by atoms with Crippen LogP contribution in [0.2, 0.25) is 0 Å². The van der Waals surface area contributed by atoms with Gasteiger partial charge < -0.3 is 67.1 Å². The third-order valence-corrected chi connectivity index (χ3v) is 9.19. The van der Waals surface area contributed by atoms with Crippen molar-refractivity contribution in [3.05, 3.63) is 0 Å². The maximum absolute atomic E-state index is 10.6. The number of aliphatic hydroxyl groups is 2. The zero-order valence-corrected chi connectivity index (χ0v) is 28.4. The first-order chi connectivity index (χ1) is 21.5. The molecule has 0 aromatic heterocycles. The fraction of sp³-hybridized carbons (Fsp3) is 1.00. The van der Waals surface area contributed by atoms with Crippen LogP contribution in [0.4, 0.5) is 0 Å². The molecular formula is C32H54O14. The summed E-state index contributed by atoms with van der Waals surface area (Å²) in [7, 11) is 0. The molecular weight excluding hydrogens is 608 g/mol. The minimum atomic E-state index is -0.913. The molecule has 6 aliphatic heterocycles. The summed E-state index contributed by atoms with van der Waals surface area (Å²) in [6, 6.07) is 0. The molecule has 0 aromatic rings. The molecule has 12 atom stereocenters. The zero-order chi connectivity index (χ0) is 33.1. The smallest absolute Gasteiger partial charge is 0.187 e. The van der Waals surface area contributed by atoms with Crippen molar-refractivity contribution in [2.24, 2.45) is 0 Å². The van der Waals surface area contributed by atoms with Crippen molar-refractivity contribution in [3.8, 4) is 0 Å². The van der Waals surface area contributed by atoms with Crippen LogP contribution in [0.5, 0.6) is 0 Å². The Labute approximate surface area is 271 Å². The minimum absolute atomic E-state index is 0.307. The standard InChI is InChI=1S/C32H54O14/c1-29(2)37-15-19-21(41-29)23-25(45-31(5,6)43-23)27(39-19)35-13-9-11-17(33)18(34)12-10-14-36-28-26-24(44-32(7,8)46-26)22-20(40-28)16-38-30(3,4)42-22/h17-28,33-34H,9-16H2,1-8H3/t17-,18-,19+,20+,21+,22+,23-,24-,25-,26-,27-,28-/m0/s1. The van der Waals surface area contributed by atoms with E-state index in [4.69, 9.17) is 56.8 Å². The molecule has 0 radical (unpaired) electrons. The first kappa shape index (κ1) is 35.3. The topological polar surface area (TPSA) is 151 Å². The Balaban J connectivity index is 0.913. The van der Waals surface area contributed by atoms with E-state index in [9.17, 15) is 10.2 Å². The molecule has 46 heavy (non-hydrogen) atoms. The number of aliphatic hydroxyl groups excluding tert-OH is 2. The Morgan fingerprint density at radius 1 is 0.522 bits per heavy atom. The second kappa shape index (κ2) is 13.3. The van der Waals surface area contributed by atoms with Crippen LogP contribution >= 0.6 is 0 Å². The van der Waals surface area contributed by atoms with E-state index in [1.165, 1.54) is 0 Å². The van der Waals surface area contributed by atoms with Gasteiger partial charge in [-0.1, -0.05) is 0 Å². The number of hydrogen-bond acceptors (Lipinski definition) is 14. The average molecular weight is 663 g/mol. The number of ether oxygens (including phenoxy) is 12. The van der Waals surface area contributed by atoms with Crippen molar-refractivity contribution < 1.29 is 67.1 Å². The molecule has 14 nitrogen and oxygen atoms in total. The van der Waals surface area contributed by atoms with Gasteiger partial charge in [-0.15, -0.1) is 0 Å². The van der Waals surface area contributed by atoms with Gasteiger partial charge in [-0.3, -0.25) is 0 Å². The fourth-order valence-electron chi connectivity index (χ4n) is 7.12. The van der Waals surface area contributed by atoms with Crippen LogP contribution in [-0.4, -0.2) is 133 Å². The van der Waals surface area contributed by atoms with E-state index in [1.54, 1.807) is 0 Å². The monoisotopic (exact) mass is 662 g/mol. The van der Waals surface area contributed by atoms with Gasteiger partial charge in [-0.05, 0) is 81.1 Å². The van der Waals surface area contributed by atoms with Crippen LogP contribution in [-0.2, 0) is 56.8 Å². The first-order valence-electron chi connectivity index (χ1n) is 16.8. The Kier molecular flexibility index (Phi) is 10.2. The Bertz CT molecular complexity index is 956. The highest BCUT2D eigenvalue weighted by Gasteiger charge is 2.60. The van der Waals surface area contributed by atoms with E-state index < -0.39 is 60.1 Å². The SMILES string of the molecule is CC1(C)O[C@@H]2[C@H](O1)[C@@H](OCCC[C@H](O)[C@@H](O)CCCO[C@H]1O[C@@H]3COC(C)(C)O[C@H]3[C@@H]3OC(C)(C)O[C@H]13)O[C@@H]1COC(C)(C)O[C@@H]21. The van der Waals surface area contributed by atoms with Crippen LogP contribution in [0, 0.1) is 0 Å². The number of hydrogen-bond donors (Lipinski definition) is 2. The molecule has 14 heteroatoms. The van der Waals surface area contributed by atoms with Crippen molar-refractivity contribution in [2.75, 3.05) is 26.4 Å². The summed E-state index contributed by atoms with van der Waals surface area (Å²) in [5.74, 6) is -3.09. The number of rotatable bonds is 11. The van der Waals surface area contributed by atoms with Crippen LogP contribution in [0.3, 0.4) is 0 Å². The average Bonchev–Trinajstić information content (AvgIpc) is 3.48. The Morgan fingerprint density at radius 3 is 1.26 bits per heavy atom. The predicted octanol–water partition coefficient (Wildman–Crippen LogP) is 2.09. The van der Waals surface area contributed by atoms with Gasteiger partial charge in [0.2, 0.25) is 0 Å². The van der Waals surface area contributed by atoms with Crippen LogP contribution in [0.1, 0.15) is 81.1 Å². The molecule has 6 rings (SSSR count). The summed E-state index contributed by atoms with van der Waals surface area (Å²) in [4.78, 5) is 0. The summed E-state index contributed by atoms with van der Waals surface area (Å²) in [6.45, 7) is 16.2. The van der Waals surface area contributed by atoms with Gasteiger partial charge in [0.05, 0.1) is 25.4 Å². The lowest BCUT2D eigenvalue weighted by Crippen LogP contribution is -2.63. The Hall–Kier alpha value is -0.560. The maximum Gasteiger partial charge on any atom is 0.187 e. The van der Waals surface area contributed by atoms with Gasteiger partial charge in [-0.25, -0.2) is 0 Å². The van der Waals surface area contributed by atoms with Crippen molar-refractivity contribution >= 4 is 0 Å². The molecule has 6 aliphatic rings. The molecule has 0 unspecified atom stereocenters. The molecule has 2 N–H and O–H groups in total. The normalized spacial score (nSPS) is 43.2. The summed E-state index contributed by atoms with van der Waals surface area (Å²) >= 11 is 0. The highest BCUT2D eigenvalue weighted by atomic mass is 16.8. The lowest BCUT2D eigenvalue weighted by atomic mass is 9.97. The molecule has 6 saturated heterocycles. The quantitative estimate of drug-likeness (QED) is 0.311. The summed E-state index contributed by atoms with van der Waals surface area (Å²) < 4.78 is 73.1. The Morgan fingerprint density at radius 2 is 0.870 bits per heavy atom. The molecule has 0 amide bonds. The molecule has 266 valence electrons. The van der Waals surface area contributed by atoms with E-state index >= 15 is 0 Å². The lowest BCUT2D eigenvalue weighted by molar-refractivity contribution is -0.370. The predicted molar refractivity (Wildman–Crippen MR) is 157 cm³/mol. The second-order valence-corrected chi connectivity index (χ2v) is 15.0. The maximum atomic E-state index is 10.6. The molecule has 6 heterocycles. The van der Waals surface area contributed by atoms with Crippen molar-refractivity contribution in [1.82, 2.24) is 0 Å². The van der Waals surface area contributed by atoms with Gasteiger partial charge in [-0.2, -0.15) is 0 Å². The highest BCUT2D eigenvalue weighted by molar-refractivity contribution is 5.00. The third kappa shape index (κ3) is 7.91. The minimum Gasteiger partial charge on any atom is -0.390 e. The van der Waals surface area contributed by atoms with E-state index in [2.05, 4.69) is 0 Å². The van der Waals surface area contributed by atoms with Crippen LogP contribution in [0.15, 0.2) is 0 Å². The van der Waals surface area contributed by atoms with Crippen molar-refractivity contribution in [1.29, 1.82) is 0 Å². The summed E-state index contributed by atoms with van der Waals surface area (Å²) in [6.07, 6.45) is -4.47. The van der Waals surface area contributed by atoms with Crippen LogP contribution < -0.4 is 0 Å². The van der Waals surface area contributed by atoms with Gasteiger partial charge in [0, 0.05) is 13.2 Å². The van der Waals surface area contributed by atoms with Crippen LogP contribution in [0.25, 0.3) is 0 Å². The van der Waals surface area contributed by atoms with E-state index in [1.807, 2.05) is 55.4 Å². The van der Waals surface area contributed by atoms with E-state index in [0.717, 1.165) is 0 Å². The third-order valence-electron chi connectivity index (χ3n) is 9.19. The van der Waals surface area contributed by atoms with E-state index in [0.29, 0.717) is 52.1 Å². The van der Waals surface area contributed by atoms with Gasteiger partial charge in [0.15, 0.2) is 35.7 Å². The molecule has 0 aromatic carbocycles. The van der Waals surface area contributed by atoms with Crippen molar-refractivity contribution in [3.63, 3.8) is 0 Å². The van der Waals surface area contributed by atoms with Gasteiger partial charge in [0.25, 0.3) is 0 Å². The first-order valence-corrected chi connectivity index (χ1v) is 16.8. The van der Waals surface area contributed by atoms with Gasteiger partial charge in [0.1, 0.15) is 48.8 Å². The molecule has 0 aliphatic carbocycles. The second-order valence-electron chi connectivity index (χ2n) is 15.0. The molecule has 0 saturated carbocycles. The molecule has 0 bridgehead atoms. The van der Waals surface area contributed by atoms with Gasteiger partial charge >= 0.3 is 0 Å². The fourth-order valence-corrected chi connectivity index (χ4v) is 7.12. The number of fused-ring (bicyclic) bond motifs is 6. The molecule has 6 fully saturated rings. The zero-order valence-electron chi connectivity index (χ0n) is 28.4. The van der Waals surface area contributed by atoms with E-state index in [-0.39, 0.29) is 36.6 Å².